The van der Waals surface area contributed by atoms with Crippen LogP contribution in [-0.2, 0) is 19.0 Å². The number of unbranched alkanes of at least 4 members (excludes halogenated alkanes) is 2. The highest BCUT2D eigenvalue weighted by molar-refractivity contribution is 6.12. The van der Waals surface area contributed by atoms with Crippen LogP contribution >= 0.6 is 0 Å². The lowest BCUT2D eigenvalue weighted by atomic mass is 9.43. The number of methoxy groups -OCH3 is 2. The minimum absolute atomic E-state index is 0.0257. The molecule has 5 aliphatic carbocycles. The van der Waals surface area contributed by atoms with Gasteiger partial charge >= 0.3 is 5.97 Å². The molecule has 54 heavy (non-hydrogen) atoms. The van der Waals surface area contributed by atoms with Crippen LogP contribution in [0.1, 0.15) is 92.4 Å². The standard InChI is InChI=1S/C43H57N3O8/c1-5-7-8-17-35(47)44-30-15-11-9-13-25(30)39(49)45-31-16-12-10-14-26(31)40(50)54-24-41-19-18-34(53-4)43-28-20-27-32(52-3)22-42(51,36(28)37(27)48)29(21-33(41)43)38(43)46(6-2)23-41/h9-16,27-29,32-34,36-38,48,51H,5-8,17-24H2,1-4H3,(H,44,47)(H,45,49)/t27?,28-,29?,32+,33-,34+,36-,37+,38?,41+,42+,43?/m1/s1. The number of esters is 1. The number of ether oxygens (including phenoxy) is 3. The Hall–Kier alpha value is -3.35. The number of aliphatic hydroxyl groups is 2. The number of hydrogen-bond acceptors (Lipinski definition) is 9. The number of nitrogens with zero attached hydrogens (tertiary/aromatic N) is 1. The monoisotopic (exact) mass is 743 g/mol. The van der Waals surface area contributed by atoms with Crippen molar-refractivity contribution in [3.8, 4) is 0 Å². The molecule has 11 nitrogen and oxygen atoms in total. The molecule has 4 unspecified atom stereocenters. The molecular weight excluding hydrogens is 686 g/mol. The third kappa shape index (κ3) is 5.51. The first-order chi connectivity index (χ1) is 26.1. The fraction of sp³-hybridized carbons (Fsp3) is 0.651. The first-order valence-electron chi connectivity index (χ1n) is 20.2. The van der Waals surface area contributed by atoms with Crippen molar-refractivity contribution in [1.29, 1.82) is 0 Å². The number of carbonyl (C=O) groups excluding carboxylic acids is 3. The summed E-state index contributed by atoms with van der Waals surface area (Å²) in [4.78, 5) is 43.0. The number of para-hydroxylation sites is 2. The fourth-order valence-electron chi connectivity index (χ4n) is 13.2. The third-order valence-corrected chi connectivity index (χ3v) is 15.1. The lowest BCUT2D eigenvalue weighted by molar-refractivity contribution is -0.275. The van der Waals surface area contributed by atoms with E-state index in [1.165, 1.54) is 0 Å². The van der Waals surface area contributed by atoms with Crippen molar-refractivity contribution in [2.75, 3.05) is 44.5 Å². The van der Waals surface area contributed by atoms with Crippen molar-refractivity contribution in [2.45, 2.75) is 102 Å². The minimum Gasteiger partial charge on any atom is -0.461 e. The van der Waals surface area contributed by atoms with E-state index in [-0.39, 0.29) is 76.7 Å². The lowest BCUT2D eigenvalue weighted by Crippen LogP contribution is -2.76. The summed E-state index contributed by atoms with van der Waals surface area (Å²) in [6.07, 6.45) is 6.04. The molecule has 2 aromatic carbocycles. The third-order valence-electron chi connectivity index (χ3n) is 15.1. The molecule has 7 bridgehead atoms. The molecule has 292 valence electrons. The smallest absolute Gasteiger partial charge is 0.340 e. The first-order valence-corrected chi connectivity index (χ1v) is 20.2. The van der Waals surface area contributed by atoms with Crippen molar-refractivity contribution >= 4 is 29.2 Å². The van der Waals surface area contributed by atoms with Crippen LogP contribution in [-0.4, -0.2) is 96.8 Å². The summed E-state index contributed by atoms with van der Waals surface area (Å²) in [5.74, 6) is -1.20. The summed E-state index contributed by atoms with van der Waals surface area (Å²) in [7, 11) is 3.51. The van der Waals surface area contributed by atoms with Gasteiger partial charge in [-0.3, -0.25) is 14.5 Å². The molecule has 1 saturated heterocycles. The number of nitrogens with one attached hydrogen (secondary N) is 2. The fourth-order valence-corrected chi connectivity index (χ4v) is 13.2. The number of hydrogen-bond donors (Lipinski definition) is 4. The molecule has 4 N–H and O–H groups in total. The van der Waals surface area contributed by atoms with Gasteiger partial charge < -0.3 is 35.1 Å². The van der Waals surface area contributed by atoms with Crippen LogP contribution in [0.2, 0.25) is 0 Å². The Bertz CT molecular complexity index is 1770. The molecule has 1 aliphatic heterocycles. The Morgan fingerprint density at radius 2 is 1.65 bits per heavy atom. The Labute approximate surface area is 318 Å². The largest absolute Gasteiger partial charge is 0.461 e. The van der Waals surface area contributed by atoms with Gasteiger partial charge in [0.25, 0.3) is 5.91 Å². The summed E-state index contributed by atoms with van der Waals surface area (Å²) < 4.78 is 18.7. The molecule has 1 heterocycles. The zero-order chi connectivity index (χ0) is 38.0. The van der Waals surface area contributed by atoms with Crippen LogP contribution < -0.4 is 10.6 Å². The molecule has 2 amide bonds. The molecule has 12 atom stereocenters. The number of benzene rings is 2. The summed E-state index contributed by atoms with van der Waals surface area (Å²) in [5.41, 5.74) is -0.396. The number of piperidine rings is 1. The van der Waals surface area contributed by atoms with Crippen LogP contribution in [0, 0.1) is 40.4 Å². The number of likely N-dealkylation sites (tertiary alicyclic amines) is 1. The van der Waals surface area contributed by atoms with Gasteiger partial charge in [-0.2, -0.15) is 0 Å². The Morgan fingerprint density at radius 1 is 0.926 bits per heavy atom. The second-order valence-corrected chi connectivity index (χ2v) is 17.1. The Kier molecular flexibility index (Phi) is 9.95. The van der Waals surface area contributed by atoms with Crippen molar-refractivity contribution in [3.05, 3.63) is 59.7 Å². The number of anilines is 2. The number of aliphatic hydroxyl groups excluding tert-OH is 1. The van der Waals surface area contributed by atoms with Crippen molar-refractivity contribution in [3.63, 3.8) is 0 Å². The topological polar surface area (TPSA) is 147 Å². The second-order valence-electron chi connectivity index (χ2n) is 17.1. The van der Waals surface area contributed by atoms with Gasteiger partial charge in [0, 0.05) is 68.2 Å². The highest BCUT2D eigenvalue weighted by atomic mass is 16.5. The zero-order valence-corrected chi connectivity index (χ0v) is 32.1. The van der Waals surface area contributed by atoms with Gasteiger partial charge in [-0.25, -0.2) is 4.79 Å². The molecule has 0 aromatic heterocycles. The van der Waals surface area contributed by atoms with E-state index in [2.05, 4.69) is 29.4 Å². The van der Waals surface area contributed by atoms with Crippen LogP contribution in [0.5, 0.6) is 0 Å². The number of amides is 2. The highest BCUT2D eigenvalue weighted by Crippen LogP contribution is 2.79. The van der Waals surface area contributed by atoms with Gasteiger partial charge in [-0.05, 0) is 74.8 Å². The maximum absolute atomic E-state index is 14.1. The van der Waals surface area contributed by atoms with E-state index in [9.17, 15) is 24.6 Å². The molecule has 0 radical (unpaired) electrons. The van der Waals surface area contributed by atoms with Crippen LogP contribution in [0.3, 0.4) is 0 Å². The van der Waals surface area contributed by atoms with Crippen LogP contribution in [0.25, 0.3) is 0 Å². The van der Waals surface area contributed by atoms with E-state index in [4.69, 9.17) is 14.2 Å². The predicted molar refractivity (Wildman–Crippen MR) is 203 cm³/mol. The van der Waals surface area contributed by atoms with E-state index >= 15 is 0 Å². The van der Waals surface area contributed by atoms with E-state index in [0.717, 1.165) is 58.0 Å². The SMILES string of the molecule is CCCCCC(=O)Nc1ccccc1C(=O)Nc1ccccc1C(=O)OC[C@@]12CC[C@H](OC)C34C(C(C[C@@H]31)[C@@]1(O)C[C@H](OC)C3C[C@@H]4[C@@H]1[C@H]3O)N(CC)C2. The van der Waals surface area contributed by atoms with Crippen LogP contribution in [0.15, 0.2) is 48.5 Å². The minimum atomic E-state index is -1.04. The molecule has 6 fully saturated rings. The maximum atomic E-state index is 14.1. The average Bonchev–Trinajstić information content (AvgIpc) is 3.60. The Balaban J connectivity index is 1.05. The van der Waals surface area contributed by atoms with E-state index in [0.29, 0.717) is 29.8 Å². The average molecular weight is 744 g/mol. The van der Waals surface area contributed by atoms with Gasteiger partial charge in [0.1, 0.15) is 0 Å². The molecule has 1 spiro atoms. The molecular formula is C43H57N3O8. The number of rotatable bonds is 13. The normalized spacial score (nSPS) is 38.5. The summed E-state index contributed by atoms with van der Waals surface area (Å²) in [5, 5.41) is 30.4. The Morgan fingerprint density at radius 3 is 2.35 bits per heavy atom. The highest BCUT2D eigenvalue weighted by Gasteiger charge is 2.83. The van der Waals surface area contributed by atoms with E-state index < -0.39 is 23.6 Å². The molecule has 8 rings (SSSR count). The van der Waals surface area contributed by atoms with E-state index in [1.54, 1.807) is 55.6 Å². The summed E-state index contributed by atoms with van der Waals surface area (Å²) in [6.45, 7) is 6.03. The zero-order valence-electron chi connectivity index (χ0n) is 32.1. The lowest BCUT2D eigenvalue weighted by Gasteiger charge is -2.69. The molecule has 11 heteroatoms. The summed E-state index contributed by atoms with van der Waals surface area (Å²) in [6, 6.07) is 13.9. The van der Waals surface area contributed by atoms with Crippen LogP contribution in [0.4, 0.5) is 11.4 Å². The maximum Gasteiger partial charge on any atom is 0.340 e. The second kappa shape index (κ2) is 14.3. The van der Waals surface area contributed by atoms with Gasteiger partial charge in [-0.15, -0.1) is 0 Å². The number of carbonyl (C=O) groups is 3. The predicted octanol–water partition coefficient (Wildman–Crippen LogP) is 5.51. The van der Waals surface area contributed by atoms with Gasteiger partial charge in [0.05, 0.1) is 53.0 Å². The van der Waals surface area contributed by atoms with Gasteiger partial charge in [0.2, 0.25) is 5.91 Å². The number of fused-ring (bicyclic) bond motifs is 2. The quantitative estimate of drug-likeness (QED) is 0.154. The van der Waals surface area contributed by atoms with Crippen molar-refractivity contribution < 1.29 is 38.8 Å². The molecule has 2 aromatic rings. The van der Waals surface area contributed by atoms with E-state index in [1.807, 2.05) is 7.11 Å². The molecule has 6 aliphatic rings. The molecule has 5 saturated carbocycles. The first kappa shape index (κ1) is 37.6. The van der Waals surface area contributed by atoms with Gasteiger partial charge in [-0.1, -0.05) is 51.0 Å². The van der Waals surface area contributed by atoms with Gasteiger partial charge in [0.15, 0.2) is 0 Å². The van der Waals surface area contributed by atoms with Crippen molar-refractivity contribution in [2.24, 2.45) is 40.4 Å². The summed E-state index contributed by atoms with van der Waals surface area (Å²) >= 11 is 0. The van der Waals surface area contributed by atoms with Crippen molar-refractivity contribution in [1.82, 2.24) is 4.90 Å².